The highest BCUT2D eigenvalue weighted by molar-refractivity contribution is 9.10. The Morgan fingerprint density at radius 2 is 1.83 bits per heavy atom. The monoisotopic (exact) mass is 468 g/mol. The number of aromatic nitrogens is 4. The van der Waals surface area contributed by atoms with Crippen molar-refractivity contribution >= 4 is 15.9 Å². The van der Waals surface area contributed by atoms with Crippen LogP contribution in [0.1, 0.15) is 5.89 Å². The highest BCUT2D eigenvalue weighted by atomic mass is 79.9. The normalized spacial score (nSPS) is 10.8. The number of nitrogens with zero attached hydrogens (tertiary/aromatic N) is 4. The van der Waals surface area contributed by atoms with E-state index >= 15 is 0 Å². The molecule has 0 fully saturated rings. The summed E-state index contributed by atoms with van der Waals surface area (Å²) in [4.78, 5) is 16.7. The fraction of sp³-hybridized carbons (Fsp3) is 0.143. The number of ether oxygens (including phenoxy) is 2. The molecule has 0 unspecified atom stereocenters. The Balaban J connectivity index is 1.63. The van der Waals surface area contributed by atoms with Gasteiger partial charge in [-0.25, -0.2) is 4.68 Å². The van der Waals surface area contributed by atoms with Crippen molar-refractivity contribution < 1.29 is 14.0 Å². The molecule has 0 bridgehead atoms. The molecule has 0 amide bonds. The van der Waals surface area contributed by atoms with Crippen LogP contribution in [0.15, 0.2) is 68.4 Å². The molecular formula is C21H17BrN4O4. The second kappa shape index (κ2) is 8.50. The Morgan fingerprint density at radius 3 is 2.60 bits per heavy atom. The van der Waals surface area contributed by atoms with Crippen molar-refractivity contribution in [3.8, 4) is 34.1 Å². The minimum Gasteiger partial charge on any atom is -0.493 e. The van der Waals surface area contributed by atoms with Crippen molar-refractivity contribution in [3.63, 3.8) is 0 Å². The molecule has 2 heterocycles. The second-order valence-corrected chi connectivity index (χ2v) is 7.22. The molecule has 8 nitrogen and oxygen atoms in total. The second-order valence-electron chi connectivity index (χ2n) is 6.31. The van der Waals surface area contributed by atoms with E-state index in [0.717, 1.165) is 15.6 Å². The summed E-state index contributed by atoms with van der Waals surface area (Å²) in [5, 5.41) is 8.43. The van der Waals surface area contributed by atoms with Crippen LogP contribution in [0.2, 0.25) is 0 Å². The van der Waals surface area contributed by atoms with Gasteiger partial charge in [0.25, 0.3) is 5.56 Å². The molecule has 9 heteroatoms. The molecule has 0 atom stereocenters. The Labute approximate surface area is 180 Å². The lowest BCUT2D eigenvalue weighted by atomic mass is 10.1. The van der Waals surface area contributed by atoms with Crippen molar-refractivity contribution in [3.05, 3.63) is 75.3 Å². The van der Waals surface area contributed by atoms with E-state index in [1.54, 1.807) is 32.4 Å². The summed E-state index contributed by atoms with van der Waals surface area (Å²) in [6, 6.07) is 16.1. The Kier molecular flexibility index (Phi) is 5.62. The highest BCUT2D eigenvalue weighted by Crippen LogP contribution is 2.31. The number of hydrogen-bond acceptors (Lipinski definition) is 7. The predicted molar refractivity (Wildman–Crippen MR) is 114 cm³/mol. The van der Waals surface area contributed by atoms with Gasteiger partial charge in [-0.15, -0.1) is 0 Å². The van der Waals surface area contributed by atoms with Crippen LogP contribution in [0.5, 0.6) is 11.5 Å². The average molecular weight is 469 g/mol. The Bertz CT molecular complexity index is 1250. The van der Waals surface area contributed by atoms with Gasteiger partial charge < -0.3 is 14.0 Å². The molecule has 0 N–H and O–H groups in total. The predicted octanol–water partition coefficient (Wildman–Crippen LogP) is 3.79. The summed E-state index contributed by atoms with van der Waals surface area (Å²) in [5.74, 6) is 1.91. The molecule has 4 rings (SSSR count). The van der Waals surface area contributed by atoms with Crippen LogP contribution >= 0.6 is 15.9 Å². The fourth-order valence-electron chi connectivity index (χ4n) is 2.90. The van der Waals surface area contributed by atoms with Gasteiger partial charge in [-0.1, -0.05) is 33.2 Å². The van der Waals surface area contributed by atoms with Gasteiger partial charge in [0.15, 0.2) is 11.5 Å². The molecule has 0 saturated heterocycles. The number of halogens is 1. The molecule has 0 radical (unpaired) electrons. The van der Waals surface area contributed by atoms with Gasteiger partial charge in [-0.3, -0.25) is 4.79 Å². The third kappa shape index (κ3) is 4.11. The van der Waals surface area contributed by atoms with Crippen LogP contribution in [0, 0.1) is 0 Å². The Morgan fingerprint density at radius 1 is 1.00 bits per heavy atom. The van der Waals surface area contributed by atoms with Gasteiger partial charge >= 0.3 is 0 Å². The van der Waals surface area contributed by atoms with Crippen LogP contribution < -0.4 is 15.0 Å². The van der Waals surface area contributed by atoms with E-state index in [-0.39, 0.29) is 18.0 Å². The average Bonchev–Trinajstić information content (AvgIpc) is 3.23. The van der Waals surface area contributed by atoms with E-state index in [2.05, 4.69) is 31.2 Å². The summed E-state index contributed by atoms with van der Waals surface area (Å²) in [6.07, 6.45) is 0. The first-order valence-corrected chi connectivity index (χ1v) is 9.76. The number of hydrogen-bond donors (Lipinski definition) is 0. The maximum absolute atomic E-state index is 12.3. The van der Waals surface area contributed by atoms with E-state index in [1.807, 2.05) is 30.3 Å². The zero-order valence-corrected chi connectivity index (χ0v) is 17.8. The molecule has 0 aliphatic rings. The minimum atomic E-state index is -0.276. The minimum absolute atomic E-state index is 0.0565. The standard InChI is InChI=1S/C21H17BrN4O4/c1-28-17-8-6-13(11-18(17)29-2)16-7-9-20(27)26(24-16)12-19-23-21(25-30-19)14-4-3-5-15(22)10-14/h3-11H,12H2,1-2H3. The zero-order valence-electron chi connectivity index (χ0n) is 16.2. The lowest BCUT2D eigenvalue weighted by Gasteiger charge is -2.10. The van der Waals surface area contributed by atoms with E-state index in [9.17, 15) is 4.79 Å². The van der Waals surface area contributed by atoms with Crippen LogP contribution in [0.3, 0.4) is 0 Å². The van der Waals surface area contributed by atoms with Crippen LogP contribution in [-0.2, 0) is 6.54 Å². The number of methoxy groups -OCH3 is 2. The molecule has 30 heavy (non-hydrogen) atoms. The molecule has 0 saturated carbocycles. The fourth-order valence-corrected chi connectivity index (χ4v) is 3.30. The first-order valence-electron chi connectivity index (χ1n) is 8.96. The first-order chi connectivity index (χ1) is 14.6. The lowest BCUT2D eigenvalue weighted by Crippen LogP contribution is -2.23. The van der Waals surface area contributed by atoms with Crippen molar-refractivity contribution in [2.75, 3.05) is 14.2 Å². The van der Waals surface area contributed by atoms with E-state index in [1.165, 1.54) is 10.7 Å². The van der Waals surface area contributed by atoms with Crippen LogP contribution in [0.25, 0.3) is 22.6 Å². The van der Waals surface area contributed by atoms with E-state index in [4.69, 9.17) is 14.0 Å². The highest BCUT2D eigenvalue weighted by Gasteiger charge is 2.13. The summed E-state index contributed by atoms with van der Waals surface area (Å²) in [7, 11) is 3.14. The van der Waals surface area contributed by atoms with Gasteiger partial charge in [0.2, 0.25) is 11.7 Å². The van der Waals surface area contributed by atoms with Crippen LogP contribution in [0.4, 0.5) is 0 Å². The summed E-state index contributed by atoms with van der Waals surface area (Å²) < 4.78 is 18.1. The SMILES string of the molecule is COc1ccc(-c2ccc(=O)n(Cc3nc(-c4cccc(Br)c4)no3)n2)cc1OC. The third-order valence-electron chi connectivity index (χ3n) is 4.38. The summed E-state index contributed by atoms with van der Waals surface area (Å²) >= 11 is 3.42. The Hall–Kier alpha value is -3.46. The largest absolute Gasteiger partial charge is 0.493 e. The summed E-state index contributed by atoms with van der Waals surface area (Å²) in [5.41, 5.74) is 1.91. The number of benzene rings is 2. The quantitative estimate of drug-likeness (QED) is 0.424. The maximum Gasteiger partial charge on any atom is 0.267 e. The molecular weight excluding hydrogens is 452 g/mol. The smallest absolute Gasteiger partial charge is 0.267 e. The van der Waals surface area contributed by atoms with Gasteiger partial charge in [-0.05, 0) is 36.4 Å². The maximum atomic E-state index is 12.3. The van der Waals surface area contributed by atoms with Gasteiger partial charge in [0.05, 0.1) is 19.9 Å². The van der Waals surface area contributed by atoms with Crippen molar-refractivity contribution in [1.82, 2.24) is 19.9 Å². The summed E-state index contributed by atoms with van der Waals surface area (Å²) in [6.45, 7) is 0.0565. The van der Waals surface area contributed by atoms with Crippen molar-refractivity contribution in [1.29, 1.82) is 0 Å². The molecule has 0 aliphatic heterocycles. The molecule has 2 aromatic heterocycles. The topological polar surface area (TPSA) is 92.3 Å². The molecule has 2 aromatic carbocycles. The van der Waals surface area contributed by atoms with Crippen molar-refractivity contribution in [2.24, 2.45) is 0 Å². The van der Waals surface area contributed by atoms with Crippen LogP contribution in [-0.4, -0.2) is 34.1 Å². The molecule has 152 valence electrons. The third-order valence-corrected chi connectivity index (χ3v) is 4.88. The van der Waals surface area contributed by atoms with Gasteiger partial charge in [0.1, 0.15) is 6.54 Å². The van der Waals surface area contributed by atoms with E-state index < -0.39 is 0 Å². The molecule has 4 aromatic rings. The number of rotatable bonds is 6. The van der Waals surface area contributed by atoms with Gasteiger partial charge in [-0.2, -0.15) is 10.1 Å². The molecule has 0 spiro atoms. The van der Waals surface area contributed by atoms with E-state index in [0.29, 0.717) is 23.0 Å². The zero-order chi connectivity index (χ0) is 21.1. The van der Waals surface area contributed by atoms with Gasteiger partial charge in [0, 0.05) is 21.7 Å². The lowest BCUT2D eigenvalue weighted by molar-refractivity contribution is 0.355. The molecule has 0 aliphatic carbocycles. The first kappa shape index (κ1) is 19.8. The van der Waals surface area contributed by atoms with Crippen molar-refractivity contribution in [2.45, 2.75) is 6.54 Å².